The molecule has 0 amide bonds. The van der Waals surface area contributed by atoms with Crippen LogP contribution < -0.4 is 0 Å². The third kappa shape index (κ3) is 5.80. The summed E-state index contributed by atoms with van der Waals surface area (Å²) in [5.74, 6) is 0. The fourth-order valence-corrected chi connectivity index (χ4v) is 2.08. The molecular formula is C7H16NO4P. The first kappa shape index (κ1) is 12.6. The maximum Gasteiger partial charge on any atom is 0.336 e. The van der Waals surface area contributed by atoms with Gasteiger partial charge in [-0.1, -0.05) is 5.16 Å². The van der Waals surface area contributed by atoms with Gasteiger partial charge in [0.1, 0.15) is 7.11 Å². The molecule has 0 rings (SSSR count). The number of hydrogen-bond donors (Lipinski definition) is 0. The molecule has 6 heteroatoms. The summed E-state index contributed by atoms with van der Waals surface area (Å²) in [7, 11) is -1.56. The molecule has 0 saturated heterocycles. The maximum atomic E-state index is 11.7. The summed E-state index contributed by atoms with van der Waals surface area (Å²) in [6, 6.07) is 0. The SMILES string of the molecule is CCOP(=O)(CC=NOC)OCC. The van der Waals surface area contributed by atoms with E-state index < -0.39 is 7.60 Å². The summed E-state index contributed by atoms with van der Waals surface area (Å²) in [5, 5.41) is 3.46. The van der Waals surface area contributed by atoms with Crippen LogP contribution in [-0.2, 0) is 18.5 Å². The van der Waals surface area contributed by atoms with E-state index >= 15 is 0 Å². The predicted octanol–water partition coefficient (Wildman–Crippen LogP) is 1.88. The second-order valence-corrected chi connectivity index (χ2v) is 4.20. The molecule has 0 heterocycles. The molecule has 0 aromatic rings. The van der Waals surface area contributed by atoms with Gasteiger partial charge in [-0.15, -0.1) is 0 Å². The van der Waals surface area contributed by atoms with Crippen molar-refractivity contribution in [1.29, 1.82) is 0 Å². The van der Waals surface area contributed by atoms with Crippen molar-refractivity contribution in [3.05, 3.63) is 0 Å². The first-order valence-electron chi connectivity index (χ1n) is 4.11. The van der Waals surface area contributed by atoms with Crippen molar-refractivity contribution in [3.63, 3.8) is 0 Å². The van der Waals surface area contributed by atoms with Crippen molar-refractivity contribution in [3.8, 4) is 0 Å². The molecule has 0 radical (unpaired) electrons. The molecule has 0 N–H and O–H groups in total. The zero-order valence-corrected chi connectivity index (χ0v) is 9.12. The van der Waals surface area contributed by atoms with Crippen LogP contribution in [0.25, 0.3) is 0 Å². The minimum absolute atomic E-state index is 0.141. The molecule has 0 aromatic heterocycles. The predicted molar refractivity (Wildman–Crippen MR) is 51.2 cm³/mol. The van der Waals surface area contributed by atoms with E-state index in [4.69, 9.17) is 9.05 Å². The van der Waals surface area contributed by atoms with Crippen LogP contribution in [0.2, 0.25) is 0 Å². The molecule has 0 spiro atoms. The summed E-state index contributed by atoms with van der Waals surface area (Å²) in [4.78, 5) is 4.43. The van der Waals surface area contributed by atoms with Crippen molar-refractivity contribution in [2.24, 2.45) is 5.16 Å². The van der Waals surface area contributed by atoms with Crippen LogP contribution in [0, 0.1) is 0 Å². The highest BCUT2D eigenvalue weighted by Crippen LogP contribution is 2.46. The standard InChI is InChI=1S/C7H16NO4P/c1-4-11-13(9,12-5-2)7-6-8-10-3/h6H,4-5,7H2,1-3H3. The lowest BCUT2D eigenvalue weighted by molar-refractivity contribution is 0.212. The van der Waals surface area contributed by atoms with Crippen molar-refractivity contribution in [2.45, 2.75) is 13.8 Å². The summed E-state index contributed by atoms with van der Waals surface area (Å²) >= 11 is 0. The molecule has 0 saturated carbocycles. The van der Waals surface area contributed by atoms with Gasteiger partial charge >= 0.3 is 7.60 Å². The van der Waals surface area contributed by atoms with Crippen LogP contribution in [0.3, 0.4) is 0 Å². The topological polar surface area (TPSA) is 57.1 Å². The lowest BCUT2D eigenvalue weighted by Crippen LogP contribution is -2.01. The van der Waals surface area contributed by atoms with Gasteiger partial charge in [0.25, 0.3) is 0 Å². The van der Waals surface area contributed by atoms with Crippen LogP contribution in [-0.4, -0.2) is 32.7 Å². The molecule has 0 aliphatic heterocycles. The van der Waals surface area contributed by atoms with Crippen LogP contribution >= 0.6 is 7.60 Å². The van der Waals surface area contributed by atoms with Crippen LogP contribution in [0.5, 0.6) is 0 Å². The normalized spacial score (nSPS) is 12.2. The molecule has 13 heavy (non-hydrogen) atoms. The summed E-state index contributed by atoms with van der Waals surface area (Å²) < 4.78 is 21.7. The van der Waals surface area contributed by atoms with E-state index in [2.05, 4.69) is 9.99 Å². The number of hydrogen-bond acceptors (Lipinski definition) is 5. The van der Waals surface area contributed by atoms with Gasteiger partial charge in [-0.25, -0.2) is 0 Å². The fraction of sp³-hybridized carbons (Fsp3) is 0.857. The Morgan fingerprint density at radius 3 is 2.23 bits per heavy atom. The molecule has 0 bridgehead atoms. The Balaban J connectivity index is 4.07. The highest BCUT2D eigenvalue weighted by molar-refractivity contribution is 7.54. The minimum Gasteiger partial charge on any atom is -0.399 e. The van der Waals surface area contributed by atoms with Gasteiger partial charge in [0.05, 0.1) is 25.6 Å². The van der Waals surface area contributed by atoms with E-state index in [-0.39, 0.29) is 6.16 Å². The first-order chi connectivity index (χ1) is 6.18. The molecular weight excluding hydrogens is 193 g/mol. The van der Waals surface area contributed by atoms with E-state index in [0.717, 1.165) is 0 Å². The molecule has 0 fully saturated rings. The lowest BCUT2D eigenvalue weighted by Gasteiger charge is -2.14. The Morgan fingerprint density at radius 2 is 1.85 bits per heavy atom. The Morgan fingerprint density at radius 1 is 1.31 bits per heavy atom. The van der Waals surface area contributed by atoms with Gasteiger partial charge in [0, 0.05) is 0 Å². The number of rotatable bonds is 7. The van der Waals surface area contributed by atoms with Gasteiger partial charge in [-0.3, -0.25) is 4.57 Å². The van der Waals surface area contributed by atoms with Crippen LogP contribution in [0.4, 0.5) is 0 Å². The van der Waals surface area contributed by atoms with Crippen molar-refractivity contribution in [1.82, 2.24) is 0 Å². The van der Waals surface area contributed by atoms with E-state index in [1.807, 2.05) is 0 Å². The maximum absolute atomic E-state index is 11.7. The Hall–Kier alpha value is -0.380. The van der Waals surface area contributed by atoms with Gasteiger partial charge < -0.3 is 13.9 Å². The number of nitrogens with zero attached hydrogens (tertiary/aromatic N) is 1. The molecule has 5 nitrogen and oxygen atoms in total. The van der Waals surface area contributed by atoms with Crippen molar-refractivity contribution in [2.75, 3.05) is 26.5 Å². The van der Waals surface area contributed by atoms with E-state index in [9.17, 15) is 4.57 Å². The Kier molecular flexibility index (Phi) is 6.86. The number of oxime groups is 1. The Labute approximate surface area is 78.6 Å². The minimum atomic E-state index is -2.98. The first-order valence-corrected chi connectivity index (χ1v) is 5.84. The average Bonchev–Trinajstić information content (AvgIpc) is 2.05. The van der Waals surface area contributed by atoms with Crippen molar-refractivity contribution < 1.29 is 18.5 Å². The molecule has 78 valence electrons. The van der Waals surface area contributed by atoms with Crippen LogP contribution in [0.15, 0.2) is 5.16 Å². The monoisotopic (exact) mass is 209 g/mol. The third-order valence-electron chi connectivity index (χ3n) is 1.14. The zero-order valence-electron chi connectivity index (χ0n) is 8.23. The second kappa shape index (κ2) is 7.06. The summed E-state index contributed by atoms with van der Waals surface area (Å²) in [6.45, 7) is 4.24. The quantitative estimate of drug-likeness (QED) is 0.365. The van der Waals surface area contributed by atoms with E-state index in [0.29, 0.717) is 13.2 Å². The lowest BCUT2D eigenvalue weighted by atomic mass is 10.9. The summed E-state index contributed by atoms with van der Waals surface area (Å²) in [6.07, 6.45) is 1.52. The molecule has 0 aromatic carbocycles. The molecule has 0 aliphatic rings. The highest BCUT2D eigenvalue weighted by Gasteiger charge is 2.21. The highest BCUT2D eigenvalue weighted by atomic mass is 31.2. The van der Waals surface area contributed by atoms with Gasteiger partial charge in [0.2, 0.25) is 0 Å². The van der Waals surface area contributed by atoms with E-state index in [1.165, 1.54) is 13.3 Å². The van der Waals surface area contributed by atoms with Gasteiger partial charge in [-0.2, -0.15) is 0 Å². The second-order valence-electron chi connectivity index (χ2n) is 2.10. The smallest absolute Gasteiger partial charge is 0.336 e. The van der Waals surface area contributed by atoms with Gasteiger partial charge in [0.15, 0.2) is 0 Å². The zero-order chi connectivity index (χ0) is 10.2. The van der Waals surface area contributed by atoms with E-state index in [1.54, 1.807) is 13.8 Å². The molecule has 0 aliphatic carbocycles. The van der Waals surface area contributed by atoms with Gasteiger partial charge in [-0.05, 0) is 13.8 Å². The molecule has 0 unspecified atom stereocenters. The Bertz CT molecular complexity index is 185. The fourth-order valence-electron chi connectivity index (χ4n) is 0.744. The molecule has 0 atom stereocenters. The van der Waals surface area contributed by atoms with Crippen LogP contribution in [0.1, 0.15) is 13.8 Å². The average molecular weight is 209 g/mol. The van der Waals surface area contributed by atoms with Crippen molar-refractivity contribution >= 4 is 13.8 Å². The largest absolute Gasteiger partial charge is 0.399 e. The third-order valence-corrected chi connectivity index (χ3v) is 3.05. The summed E-state index contributed by atoms with van der Waals surface area (Å²) in [5.41, 5.74) is 0.